The van der Waals surface area contributed by atoms with Crippen LogP contribution in [0.3, 0.4) is 0 Å². The summed E-state index contributed by atoms with van der Waals surface area (Å²) in [6, 6.07) is 4.94. The van der Waals surface area contributed by atoms with Gasteiger partial charge in [-0.25, -0.2) is 4.79 Å². The van der Waals surface area contributed by atoms with Gasteiger partial charge in [-0.2, -0.15) is 22.0 Å². The molecule has 1 N–H and O–H groups in total. The van der Waals surface area contributed by atoms with E-state index in [1.54, 1.807) is 0 Å². The fraction of sp³-hybridized carbons (Fsp3) is 0.462. The van der Waals surface area contributed by atoms with E-state index in [0.717, 1.165) is 20.1 Å². The molecular weight excluding hydrogens is 299 g/mol. The van der Waals surface area contributed by atoms with Crippen LogP contribution in [0, 0.1) is 0 Å². The molecule has 0 radical (unpaired) electrons. The van der Waals surface area contributed by atoms with Gasteiger partial charge >= 0.3 is 18.1 Å². The Morgan fingerprint density at radius 1 is 1.19 bits per heavy atom. The van der Waals surface area contributed by atoms with Crippen LogP contribution < -0.4 is 0 Å². The Morgan fingerprint density at radius 2 is 1.71 bits per heavy atom. The molecule has 0 amide bonds. The zero-order chi connectivity index (χ0) is 16.5. The summed E-state index contributed by atoms with van der Waals surface area (Å²) in [6.45, 7) is 0.786. The number of aliphatic hydroxyl groups is 1. The minimum Gasteiger partial charge on any atom is -0.465 e. The van der Waals surface area contributed by atoms with Crippen LogP contribution in [0.4, 0.5) is 22.0 Å². The van der Waals surface area contributed by atoms with Gasteiger partial charge in [-0.3, -0.25) is 0 Å². The molecule has 0 saturated heterocycles. The standard InChI is InChI=1S/C13H13F5O3/c1-11(20,7-12(14,15)13(16,17)18)9-6-4-3-5-8(9)10(19)21-2/h3-6,20H,7H2,1-2H3. The fourth-order valence-electron chi connectivity index (χ4n) is 1.87. The minimum atomic E-state index is -5.79. The van der Waals surface area contributed by atoms with Gasteiger partial charge in [-0.15, -0.1) is 0 Å². The Morgan fingerprint density at radius 3 is 2.19 bits per heavy atom. The number of alkyl halides is 5. The summed E-state index contributed by atoms with van der Waals surface area (Å²) >= 11 is 0. The Bertz CT molecular complexity index is 523. The van der Waals surface area contributed by atoms with Crippen molar-refractivity contribution in [1.29, 1.82) is 0 Å². The SMILES string of the molecule is COC(=O)c1ccccc1C(C)(O)CC(F)(F)C(F)(F)F. The van der Waals surface area contributed by atoms with Gasteiger partial charge in [0.25, 0.3) is 0 Å². The van der Waals surface area contributed by atoms with Crippen molar-refractivity contribution in [3.05, 3.63) is 35.4 Å². The van der Waals surface area contributed by atoms with Gasteiger partial charge in [-0.05, 0) is 18.6 Å². The molecule has 1 unspecified atom stereocenters. The van der Waals surface area contributed by atoms with Crippen molar-refractivity contribution in [2.24, 2.45) is 0 Å². The summed E-state index contributed by atoms with van der Waals surface area (Å²) < 4.78 is 67.4. The molecule has 1 aromatic rings. The highest BCUT2D eigenvalue weighted by Crippen LogP contribution is 2.44. The molecule has 3 nitrogen and oxygen atoms in total. The van der Waals surface area contributed by atoms with E-state index >= 15 is 0 Å². The number of halogens is 5. The number of hydrogen-bond donors (Lipinski definition) is 1. The lowest BCUT2D eigenvalue weighted by atomic mass is 9.86. The summed E-state index contributed by atoms with van der Waals surface area (Å²) in [6.07, 6.45) is -7.70. The Hall–Kier alpha value is -1.70. The largest absolute Gasteiger partial charge is 0.465 e. The molecule has 0 bridgehead atoms. The number of carbonyl (C=O) groups excluding carboxylic acids is 1. The zero-order valence-corrected chi connectivity index (χ0v) is 11.2. The molecule has 0 saturated carbocycles. The Labute approximate surface area is 117 Å². The molecule has 0 aliphatic rings. The van der Waals surface area contributed by atoms with Crippen molar-refractivity contribution in [3.63, 3.8) is 0 Å². The first-order valence-electron chi connectivity index (χ1n) is 5.77. The summed E-state index contributed by atoms with van der Waals surface area (Å²) in [5.41, 5.74) is -3.20. The molecule has 118 valence electrons. The molecular formula is C13H13F5O3. The Kier molecular flexibility index (Phi) is 4.62. The predicted octanol–water partition coefficient (Wildman–Crippen LogP) is 3.27. The smallest absolute Gasteiger partial charge is 0.453 e. The first kappa shape index (κ1) is 17.4. The molecule has 0 aliphatic carbocycles. The lowest BCUT2D eigenvalue weighted by Crippen LogP contribution is -2.43. The molecule has 8 heteroatoms. The van der Waals surface area contributed by atoms with Gasteiger partial charge in [0.2, 0.25) is 0 Å². The Balaban J connectivity index is 3.23. The molecule has 0 fully saturated rings. The van der Waals surface area contributed by atoms with E-state index in [4.69, 9.17) is 0 Å². The highest BCUT2D eigenvalue weighted by molar-refractivity contribution is 5.91. The van der Waals surface area contributed by atoms with Crippen LogP contribution in [0.2, 0.25) is 0 Å². The van der Waals surface area contributed by atoms with Crippen molar-refractivity contribution < 1.29 is 36.6 Å². The number of carbonyl (C=O) groups is 1. The molecule has 1 aromatic carbocycles. The predicted molar refractivity (Wildman–Crippen MR) is 63.0 cm³/mol. The van der Waals surface area contributed by atoms with Gasteiger partial charge < -0.3 is 9.84 Å². The third kappa shape index (κ3) is 3.69. The number of esters is 1. The zero-order valence-electron chi connectivity index (χ0n) is 11.2. The number of rotatable bonds is 4. The molecule has 0 spiro atoms. The maximum absolute atomic E-state index is 13.1. The molecule has 21 heavy (non-hydrogen) atoms. The minimum absolute atomic E-state index is 0.275. The molecule has 0 heterocycles. The van der Waals surface area contributed by atoms with Crippen molar-refractivity contribution in [2.45, 2.75) is 31.0 Å². The van der Waals surface area contributed by atoms with E-state index in [9.17, 15) is 31.9 Å². The van der Waals surface area contributed by atoms with Gasteiger partial charge in [0.1, 0.15) is 0 Å². The van der Waals surface area contributed by atoms with Crippen LogP contribution in [0.25, 0.3) is 0 Å². The van der Waals surface area contributed by atoms with Crippen LogP contribution in [0.5, 0.6) is 0 Å². The third-order valence-corrected chi connectivity index (χ3v) is 2.89. The molecule has 1 rings (SSSR count). The maximum atomic E-state index is 13.1. The van der Waals surface area contributed by atoms with E-state index in [-0.39, 0.29) is 11.1 Å². The van der Waals surface area contributed by atoms with Gasteiger partial charge in [0, 0.05) is 0 Å². The molecule has 1 atom stereocenters. The van der Waals surface area contributed by atoms with E-state index < -0.39 is 30.1 Å². The first-order chi connectivity index (χ1) is 9.42. The van der Waals surface area contributed by atoms with Gasteiger partial charge in [-0.1, -0.05) is 18.2 Å². The van der Waals surface area contributed by atoms with Crippen LogP contribution in [-0.2, 0) is 10.3 Å². The lowest BCUT2D eigenvalue weighted by Gasteiger charge is -2.30. The van der Waals surface area contributed by atoms with E-state index in [2.05, 4.69) is 4.74 Å². The molecule has 0 aliphatic heterocycles. The summed E-state index contributed by atoms with van der Waals surface area (Å²) in [5.74, 6) is -6.04. The first-order valence-corrected chi connectivity index (χ1v) is 5.77. The fourth-order valence-corrected chi connectivity index (χ4v) is 1.87. The van der Waals surface area contributed by atoms with Crippen LogP contribution in [-0.4, -0.2) is 30.3 Å². The summed E-state index contributed by atoms with van der Waals surface area (Å²) in [4.78, 5) is 11.5. The van der Waals surface area contributed by atoms with Crippen LogP contribution >= 0.6 is 0 Å². The topological polar surface area (TPSA) is 46.5 Å². The quantitative estimate of drug-likeness (QED) is 0.685. The second kappa shape index (κ2) is 5.59. The maximum Gasteiger partial charge on any atom is 0.453 e. The normalized spacial score (nSPS) is 15.4. The monoisotopic (exact) mass is 312 g/mol. The highest BCUT2D eigenvalue weighted by Gasteiger charge is 2.60. The van der Waals surface area contributed by atoms with Crippen LogP contribution in [0.15, 0.2) is 24.3 Å². The van der Waals surface area contributed by atoms with Crippen molar-refractivity contribution >= 4 is 5.97 Å². The van der Waals surface area contributed by atoms with Gasteiger partial charge in [0.05, 0.1) is 24.7 Å². The number of hydrogen-bond acceptors (Lipinski definition) is 3. The van der Waals surface area contributed by atoms with Crippen molar-refractivity contribution in [2.75, 3.05) is 7.11 Å². The van der Waals surface area contributed by atoms with E-state index in [1.807, 2.05) is 0 Å². The third-order valence-electron chi connectivity index (χ3n) is 2.89. The summed E-state index contributed by atoms with van der Waals surface area (Å²) in [7, 11) is 1.03. The number of benzene rings is 1. The van der Waals surface area contributed by atoms with Crippen molar-refractivity contribution in [3.8, 4) is 0 Å². The average molecular weight is 312 g/mol. The van der Waals surface area contributed by atoms with Crippen LogP contribution in [0.1, 0.15) is 29.3 Å². The lowest BCUT2D eigenvalue weighted by molar-refractivity contribution is -0.297. The highest BCUT2D eigenvalue weighted by atomic mass is 19.4. The summed E-state index contributed by atoms with van der Waals surface area (Å²) in [5, 5.41) is 10.0. The second-order valence-corrected chi connectivity index (χ2v) is 4.69. The second-order valence-electron chi connectivity index (χ2n) is 4.69. The number of ether oxygens (including phenoxy) is 1. The van der Waals surface area contributed by atoms with E-state index in [1.165, 1.54) is 18.2 Å². The van der Waals surface area contributed by atoms with Crippen molar-refractivity contribution in [1.82, 2.24) is 0 Å². The number of methoxy groups -OCH3 is 1. The molecule has 0 aromatic heterocycles. The average Bonchev–Trinajstić information content (AvgIpc) is 2.35. The van der Waals surface area contributed by atoms with E-state index in [0.29, 0.717) is 0 Å². The van der Waals surface area contributed by atoms with Gasteiger partial charge in [0.15, 0.2) is 0 Å².